The van der Waals surface area contributed by atoms with Gasteiger partial charge in [0, 0.05) is 6.42 Å². The summed E-state index contributed by atoms with van der Waals surface area (Å²) in [5.74, 6) is 1.42. The number of para-hydroxylation sites is 1. The molecule has 0 bridgehead atoms. The van der Waals surface area contributed by atoms with Gasteiger partial charge in [-0.1, -0.05) is 41.4 Å². The van der Waals surface area contributed by atoms with E-state index in [0.717, 1.165) is 23.7 Å². The predicted octanol–water partition coefficient (Wildman–Crippen LogP) is 3.00. The van der Waals surface area contributed by atoms with Crippen molar-refractivity contribution >= 4 is 6.01 Å². The molecule has 2 heterocycles. The Morgan fingerprint density at radius 1 is 1.08 bits per heavy atom. The van der Waals surface area contributed by atoms with Gasteiger partial charge >= 0.3 is 6.01 Å². The van der Waals surface area contributed by atoms with Gasteiger partial charge in [-0.2, -0.15) is 0 Å². The van der Waals surface area contributed by atoms with E-state index in [1.165, 1.54) is 25.7 Å². The van der Waals surface area contributed by atoms with E-state index in [2.05, 4.69) is 25.8 Å². The second-order valence-corrected chi connectivity index (χ2v) is 6.20. The summed E-state index contributed by atoms with van der Waals surface area (Å²) in [6.07, 6.45) is 7.96. The minimum absolute atomic E-state index is 0.442. The van der Waals surface area contributed by atoms with Crippen LogP contribution in [0.25, 0.3) is 5.69 Å². The second kappa shape index (κ2) is 6.82. The van der Waals surface area contributed by atoms with E-state index in [4.69, 9.17) is 4.42 Å². The van der Waals surface area contributed by atoms with Crippen molar-refractivity contribution in [3.05, 3.63) is 48.1 Å². The van der Waals surface area contributed by atoms with Crippen molar-refractivity contribution < 1.29 is 4.42 Å². The van der Waals surface area contributed by atoms with E-state index in [0.29, 0.717) is 18.5 Å². The van der Waals surface area contributed by atoms with Gasteiger partial charge in [-0.05, 0) is 30.9 Å². The van der Waals surface area contributed by atoms with Crippen molar-refractivity contribution in [3.8, 4) is 5.69 Å². The zero-order valence-corrected chi connectivity index (χ0v) is 13.4. The summed E-state index contributed by atoms with van der Waals surface area (Å²) in [4.78, 5) is 0. The van der Waals surface area contributed by atoms with Crippen LogP contribution in [0.1, 0.15) is 37.3 Å². The highest BCUT2D eigenvalue weighted by molar-refractivity contribution is 5.30. The third-order valence-electron chi connectivity index (χ3n) is 4.39. The third kappa shape index (κ3) is 3.45. The summed E-state index contributed by atoms with van der Waals surface area (Å²) in [5.41, 5.74) is 1.79. The minimum Gasteiger partial charge on any atom is -0.408 e. The van der Waals surface area contributed by atoms with E-state index >= 15 is 0 Å². The van der Waals surface area contributed by atoms with Crippen LogP contribution in [-0.2, 0) is 13.0 Å². The molecule has 0 spiro atoms. The van der Waals surface area contributed by atoms with E-state index in [9.17, 15) is 0 Å². The van der Waals surface area contributed by atoms with Crippen molar-refractivity contribution in [1.82, 2.24) is 25.2 Å². The Kier molecular flexibility index (Phi) is 4.22. The second-order valence-electron chi connectivity index (χ2n) is 6.20. The van der Waals surface area contributed by atoms with Crippen LogP contribution < -0.4 is 5.32 Å². The van der Waals surface area contributed by atoms with Gasteiger partial charge in [-0.3, -0.25) is 0 Å². The number of rotatable bonds is 6. The monoisotopic (exact) mass is 324 g/mol. The van der Waals surface area contributed by atoms with Gasteiger partial charge in [0.1, 0.15) is 5.69 Å². The van der Waals surface area contributed by atoms with E-state index in [1.807, 2.05) is 36.5 Å². The summed E-state index contributed by atoms with van der Waals surface area (Å²) in [6.45, 7) is 0.498. The maximum absolute atomic E-state index is 5.67. The smallest absolute Gasteiger partial charge is 0.315 e. The Labute approximate surface area is 140 Å². The molecule has 1 saturated carbocycles. The van der Waals surface area contributed by atoms with Crippen LogP contribution in [0, 0.1) is 5.92 Å². The molecule has 7 nitrogen and oxygen atoms in total. The Morgan fingerprint density at radius 3 is 2.75 bits per heavy atom. The molecule has 1 aliphatic carbocycles. The number of nitrogens with zero attached hydrogens (tertiary/aromatic N) is 5. The highest BCUT2D eigenvalue weighted by Gasteiger charge is 2.18. The van der Waals surface area contributed by atoms with Crippen LogP contribution in [0.3, 0.4) is 0 Å². The number of hydrogen-bond acceptors (Lipinski definition) is 6. The summed E-state index contributed by atoms with van der Waals surface area (Å²) in [7, 11) is 0. The van der Waals surface area contributed by atoms with Gasteiger partial charge in [0.15, 0.2) is 0 Å². The lowest BCUT2D eigenvalue weighted by molar-refractivity contribution is 0.437. The van der Waals surface area contributed by atoms with E-state index in [1.54, 1.807) is 4.68 Å². The first-order valence-corrected chi connectivity index (χ1v) is 8.40. The summed E-state index contributed by atoms with van der Waals surface area (Å²) >= 11 is 0. The average Bonchev–Trinajstić information content (AvgIpc) is 3.36. The topological polar surface area (TPSA) is 81.7 Å². The molecule has 2 aromatic heterocycles. The van der Waals surface area contributed by atoms with Crippen LogP contribution >= 0.6 is 0 Å². The van der Waals surface area contributed by atoms with Gasteiger partial charge < -0.3 is 9.73 Å². The van der Waals surface area contributed by atoms with Gasteiger partial charge in [-0.15, -0.1) is 10.2 Å². The molecule has 0 aliphatic heterocycles. The fourth-order valence-electron chi connectivity index (χ4n) is 3.12. The molecule has 7 heteroatoms. The number of aromatic nitrogens is 5. The highest BCUT2D eigenvalue weighted by Crippen LogP contribution is 2.27. The number of nitrogens with one attached hydrogen (secondary N) is 1. The molecule has 24 heavy (non-hydrogen) atoms. The number of anilines is 1. The Morgan fingerprint density at radius 2 is 1.92 bits per heavy atom. The van der Waals surface area contributed by atoms with Crippen molar-refractivity contribution in [3.63, 3.8) is 0 Å². The van der Waals surface area contributed by atoms with Crippen molar-refractivity contribution in [2.75, 3.05) is 5.32 Å². The van der Waals surface area contributed by atoms with E-state index < -0.39 is 0 Å². The Bertz CT molecular complexity index is 775. The molecule has 4 rings (SSSR count). The normalized spacial score (nSPS) is 15.0. The maximum atomic E-state index is 5.67. The Balaban J connectivity index is 1.34. The first kappa shape index (κ1) is 14.9. The van der Waals surface area contributed by atoms with Crippen LogP contribution in [0.2, 0.25) is 0 Å². The third-order valence-corrected chi connectivity index (χ3v) is 4.39. The fraction of sp³-hybridized carbons (Fsp3) is 0.412. The van der Waals surface area contributed by atoms with Gasteiger partial charge in [0.2, 0.25) is 5.89 Å². The van der Waals surface area contributed by atoms with Crippen molar-refractivity contribution in [1.29, 1.82) is 0 Å². The molecule has 0 saturated heterocycles. The Hall–Kier alpha value is -2.70. The van der Waals surface area contributed by atoms with Gasteiger partial charge in [-0.25, -0.2) is 4.68 Å². The predicted molar refractivity (Wildman–Crippen MR) is 88.6 cm³/mol. The molecule has 1 aromatic carbocycles. The van der Waals surface area contributed by atoms with Crippen molar-refractivity contribution in [2.24, 2.45) is 5.92 Å². The first-order valence-electron chi connectivity index (χ1n) is 8.40. The van der Waals surface area contributed by atoms with E-state index in [-0.39, 0.29) is 0 Å². The molecule has 1 fully saturated rings. The fourth-order valence-corrected chi connectivity index (χ4v) is 3.12. The summed E-state index contributed by atoms with van der Waals surface area (Å²) in [6, 6.07) is 10.3. The summed E-state index contributed by atoms with van der Waals surface area (Å²) < 4.78 is 7.42. The SMILES string of the molecule is c1ccc(-n2cc(CNc3nnc(CC4CCCC4)o3)nn2)cc1. The molecule has 0 atom stereocenters. The molecule has 1 N–H and O–H groups in total. The molecule has 0 unspecified atom stereocenters. The largest absolute Gasteiger partial charge is 0.408 e. The molecular formula is C17H20N6O. The van der Waals surface area contributed by atoms with Gasteiger partial charge in [0.25, 0.3) is 0 Å². The standard InChI is InChI=1S/C17H20N6O/c1-2-8-15(9-3-1)23-12-14(19-22-23)11-18-17-21-20-16(24-17)10-13-6-4-5-7-13/h1-3,8-9,12-13H,4-7,10-11H2,(H,18,21). The average molecular weight is 324 g/mol. The van der Waals surface area contributed by atoms with Gasteiger partial charge in [0.05, 0.1) is 18.4 Å². The molecule has 124 valence electrons. The quantitative estimate of drug-likeness (QED) is 0.750. The van der Waals surface area contributed by atoms with Crippen LogP contribution in [0.4, 0.5) is 6.01 Å². The molecule has 1 aliphatic rings. The lowest BCUT2D eigenvalue weighted by atomic mass is 10.0. The maximum Gasteiger partial charge on any atom is 0.315 e. The molecule has 0 amide bonds. The molecular weight excluding hydrogens is 304 g/mol. The van der Waals surface area contributed by atoms with Crippen LogP contribution in [0.5, 0.6) is 0 Å². The van der Waals surface area contributed by atoms with Crippen LogP contribution in [0.15, 0.2) is 40.9 Å². The highest BCUT2D eigenvalue weighted by atomic mass is 16.4. The molecule has 3 aromatic rings. The number of hydrogen-bond donors (Lipinski definition) is 1. The first-order chi connectivity index (χ1) is 11.9. The lowest BCUT2D eigenvalue weighted by Crippen LogP contribution is -2.00. The van der Waals surface area contributed by atoms with Crippen molar-refractivity contribution in [2.45, 2.75) is 38.6 Å². The summed E-state index contributed by atoms with van der Waals surface area (Å²) in [5, 5.41) is 19.6. The number of benzene rings is 1. The minimum atomic E-state index is 0.442. The lowest BCUT2D eigenvalue weighted by Gasteiger charge is -2.03. The zero-order valence-electron chi connectivity index (χ0n) is 13.4. The zero-order chi connectivity index (χ0) is 16.2. The van der Waals surface area contributed by atoms with Crippen LogP contribution in [-0.4, -0.2) is 25.2 Å². The molecule has 0 radical (unpaired) electrons.